The molecule has 42 heavy (non-hydrogen) atoms. The highest BCUT2D eigenvalue weighted by Crippen LogP contribution is 2.39. The van der Waals surface area contributed by atoms with E-state index in [0.29, 0.717) is 6.07 Å². The first-order valence-electron chi connectivity index (χ1n) is 12.8. The lowest BCUT2D eigenvalue weighted by Gasteiger charge is -2.39. The van der Waals surface area contributed by atoms with Crippen LogP contribution in [-0.2, 0) is 14.4 Å². The molecule has 2 aromatic carbocycles. The van der Waals surface area contributed by atoms with Crippen LogP contribution in [0.1, 0.15) is 50.3 Å². The van der Waals surface area contributed by atoms with Crippen molar-refractivity contribution < 1.29 is 31.9 Å². The van der Waals surface area contributed by atoms with Crippen molar-refractivity contribution >= 4 is 29.2 Å². The summed E-state index contributed by atoms with van der Waals surface area (Å²) in [7, 11) is 0. The third-order valence-electron chi connectivity index (χ3n) is 7.04. The molecule has 1 aliphatic carbocycles. The number of nitriles is 1. The molecule has 1 N–H and O–H groups in total. The lowest BCUT2D eigenvalue weighted by molar-refractivity contribution is -0.133. The van der Waals surface area contributed by atoms with Gasteiger partial charge in [0.25, 0.3) is 11.8 Å². The van der Waals surface area contributed by atoms with E-state index in [1.807, 2.05) is 6.07 Å². The molecule has 0 unspecified atom stereocenters. The largest absolute Gasteiger partial charge is 0.351 e. The number of carbonyl (C=O) groups excluding carboxylic acids is 3. The fraction of sp³-hybridized carbons (Fsp3) is 0.300. The van der Waals surface area contributed by atoms with Crippen molar-refractivity contribution in [3.63, 3.8) is 0 Å². The van der Waals surface area contributed by atoms with Gasteiger partial charge in [0.05, 0.1) is 17.3 Å². The summed E-state index contributed by atoms with van der Waals surface area (Å²) in [6, 6.07) is 11.3. The molecule has 1 saturated heterocycles. The Labute approximate surface area is 239 Å². The second-order valence-corrected chi connectivity index (χ2v) is 9.95. The zero-order valence-corrected chi connectivity index (χ0v) is 21.4. The van der Waals surface area contributed by atoms with E-state index in [9.17, 15) is 37.2 Å². The summed E-state index contributed by atoms with van der Waals surface area (Å²) in [5.74, 6) is -7.13. The maximum absolute atomic E-state index is 14.5. The van der Waals surface area contributed by atoms with Crippen molar-refractivity contribution in [3.8, 4) is 6.07 Å². The van der Waals surface area contributed by atoms with Crippen LogP contribution < -0.4 is 15.1 Å². The van der Waals surface area contributed by atoms with Gasteiger partial charge in [0, 0.05) is 37.6 Å². The van der Waals surface area contributed by atoms with Crippen LogP contribution in [0, 0.1) is 23.0 Å². The maximum Gasteiger partial charge on any atom is 0.252 e. The Kier molecular flexibility index (Phi) is 8.61. The molecule has 1 aliphatic heterocycles. The van der Waals surface area contributed by atoms with E-state index < -0.39 is 66.2 Å². The number of hydrogen-bond acceptors (Lipinski definition) is 5. The van der Waals surface area contributed by atoms with Crippen molar-refractivity contribution in [2.75, 3.05) is 9.80 Å². The van der Waals surface area contributed by atoms with Crippen LogP contribution in [0.25, 0.3) is 0 Å². The number of rotatable bonds is 7. The molecule has 0 radical (unpaired) electrons. The van der Waals surface area contributed by atoms with Gasteiger partial charge < -0.3 is 5.32 Å². The van der Waals surface area contributed by atoms with E-state index in [1.165, 1.54) is 30.5 Å². The van der Waals surface area contributed by atoms with Crippen molar-refractivity contribution in [1.29, 1.82) is 5.26 Å². The van der Waals surface area contributed by atoms with E-state index in [-0.39, 0.29) is 42.9 Å². The van der Waals surface area contributed by atoms with Crippen LogP contribution >= 0.6 is 0 Å². The number of nitrogens with zero attached hydrogens (tertiary/aromatic N) is 4. The standard InChI is InChI=1S/C29H23F4N5O3.CH4/c30-19-11-20(31)13-22(12-19)37(26(18-4-2-1-3-5-18)27(40)36-21-14-29(32,33)15-21)28(41)23-6-7-25(39)38(23)24-10-17(16-34)8-9-35-24;/h1-5,8-13,21,23,26H,6-7,14-15H2,(H,36,40);1H4/t23-,26-;/m0./s1. The molecule has 0 bridgehead atoms. The first kappa shape index (κ1) is 30.2. The predicted molar refractivity (Wildman–Crippen MR) is 145 cm³/mol. The minimum Gasteiger partial charge on any atom is -0.351 e. The summed E-state index contributed by atoms with van der Waals surface area (Å²) < 4.78 is 56.0. The van der Waals surface area contributed by atoms with E-state index in [0.717, 1.165) is 21.9 Å². The quantitative estimate of drug-likeness (QED) is 0.393. The number of benzene rings is 2. The highest BCUT2D eigenvalue weighted by Gasteiger charge is 2.48. The van der Waals surface area contributed by atoms with Crippen LogP contribution in [-0.4, -0.2) is 40.7 Å². The van der Waals surface area contributed by atoms with E-state index in [4.69, 9.17) is 0 Å². The lowest BCUT2D eigenvalue weighted by atomic mass is 9.87. The molecule has 218 valence electrons. The van der Waals surface area contributed by atoms with Gasteiger partial charge in [0.1, 0.15) is 29.5 Å². The number of alkyl halides is 2. The number of hydrogen-bond donors (Lipinski definition) is 1. The first-order valence-corrected chi connectivity index (χ1v) is 12.8. The van der Waals surface area contributed by atoms with E-state index in [2.05, 4.69) is 10.3 Å². The van der Waals surface area contributed by atoms with Gasteiger partial charge in [0.2, 0.25) is 11.8 Å². The third kappa shape index (κ3) is 6.10. The predicted octanol–water partition coefficient (Wildman–Crippen LogP) is 5.05. The lowest BCUT2D eigenvalue weighted by Crippen LogP contribution is -2.56. The molecule has 12 heteroatoms. The van der Waals surface area contributed by atoms with Gasteiger partial charge in [-0.25, -0.2) is 22.5 Å². The average molecular weight is 582 g/mol. The van der Waals surface area contributed by atoms with Crippen molar-refractivity contribution in [3.05, 3.63) is 89.6 Å². The van der Waals surface area contributed by atoms with Crippen LogP contribution in [0.2, 0.25) is 0 Å². The molecular formula is C30H27F4N5O3. The van der Waals surface area contributed by atoms with Crippen LogP contribution in [0.3, 0.4) is 0 Å². The smallest absolute Gasteiger partial charge is 0.252 e. The molecule has 2 atom stereocenters. The fourth-order valence-electron chi connectivity index (χ4n) is 5.16. The highest BCUT2D eigenvalue weighted by molar-refractivity contribution is 6.10. The van der Waals surface area contributed by atoms with Crippen LogP contribution in [0.15, 0.2) is 66.9 Å². The molecule has 3 amide bonds. The highest BCUT2D eigenvalue weighted by atomic mass is 19.3. The average Bonchev–Trinajstić information content (AvgIpc) is 3.31. The topological polar surface area (TPSA) is 106 Å². The molecular weight excluding hydrogens is 554 g/mol. The number of carbonyl (C=O) groups is 3. The molecule has 2 aliphatic rings. The molecule has 2 fully saturated rings. The van der Waals surface area contributed by atoms with Crippen LogP contribution in [0.5, 0.6) is 0 Å². The summed E-state index contributed by atoms with van der Waals surface area (Å²) in [5.41, 5.74) is 0.117. The van der Waals surface area contributed by atoms with Crippen LogP contribution in [0.4, 0.5) is 29.1 Å². The number of halogens is 4. The van der Waals surface area contributed by atoms with Gasteiger partial charge in [-0.3, -0.25) is 24.2 Å². The van der Waals surface area contributed by atoms with Gasteiger partial charge in [-0.1, -0.05) is 37.8 Å². The van der Waals surface area contributed by atoms with E-state index in [1.54, 1.807) is 18.2 Å². The Morgan fingerprint density at radius 1 is 1.07 bits per heavy atom. The Morgan fingerprint density at radius 3 is 2.36 bits per heavy atom. The van der Waals surface area contributed by atoms with Crippen molar-refractivity contribution in [2.45, 2.75) is 57.2 Å². The van der Waals surface area contributed by atoms with Gasteiger partial charge in [-0.15, -0.1) is 0 Å². The summed E-state index contributed by atoms with van der Waals surface area (Å²) in [4.78, 5) is 47.1. The Bertz CT molecular complexity index is 1520. The van der Waals surface area contributed by atoms with Crippen molar-refractivity contribution in [1.82, 2.24) is 10.3 Å². The van der Waals surface area contributed by atoms with Gasteiger partial charge in [0.15, 0.2) is 0 Å². The Hall–Kier alpha value is -4.79. The minimum absolute atomic E-state index is 0. The summed E-state index contributed by atoms with van der Waals surface area (Å²) in [6.07, 6.45) is 0.0422. The number of nitrogens with one attached hydrogen (secondary N) is 1. The fourth-order valence-corrected chi connectivity index (χ4v) is 5.16. The van der Waals surface area contributed by atoms with E-state index >= 15 is 0 Å². The first-order chi connectivity index (χ1) is 19.6. The van der Waals surface area contributed by atoms with Gasteiger partial charge >= 0.3 is 0 Å². The van der Waals surface area contributed by atoms with Gasteiger partial charge in [-0.2, -0.15) is 5.26 Å². The maximum atomic E-state index is 14.5. The minimum atomic E-state index is -2.93. The molecule has 0 spiro atoms. The zero-order valence-electron chi connectivity index (χ0n) is 21.4. The number of amides is 3. The molecule has 1 saturated carbocycles. The Balaban J connectivity index is 0.00000405. The second kappa shape index (κ2) is 12.0. The summed E-state index contributed by atoms with van der Waals surface area (Å²) >= 11 is 0. The molecule has 3 aromatic rings. The summed E-state index contributed by atoms with van der Waals surface area (Å²) in [5, 5.41) is 11.8. The number of aromatic nitrogens is 1. The number of anilines is 2. The van der Waals surface area contributed by atoms with Gasteiger partial charge in [-0.05, 0) is 36.2 Å². The molecule has 2 heterocycles. The molecule has 8 nitrogen and oxygen atoms in total. The normalized spacial score (nSPS) is 18.3. The zero-order chi connectivity index (χ0) is 29.3. The molecule has 1 aromatic heterocycles. The molecule has 5 rings (SSSR count). The SMILES string of the molecule is C.N#Cc1ccnc(N2C(=O)CC[C@H]2C(=O)N(c2cc(F)cc(F)c2)[C@H](C(=O)NC2CC(F)(F)C2)c2ccccc2)c1. The van der Waals surface area contributed by atoms with Crippen molar-refractivity contribution in [2.24, 2.45) is 0 Å². The third-order valence-corrected chi connectivity index (χ3v) is 7.04. The monoisotopic (exact) mass is 581 g/mol. The summed E-state index contributed by atoms with van der Waals surface area (Å²) in [6.45, 7) is 0. The number of pyridine rings is 1. The Morgan fingerprint density at radius 2 is 1.74 bits per heavy atom. The second-order valence-electron chi connectivity index (χ2n) is 9.95.